The van der Waals surface area contributed by atoms with Gasteiger partial charge in [0.25, 0.3) is 5.91 Å². The fourth-order valence-electron chi connectivity index (χ4n) is 2.91. The number of aryl methyl sites for hydroxylation is 1. The number of amides is 1. The Morgan fingerprint density at radius 2 is 2.04 bits per heavy atom. The highest BCUT2D eigenvalue weighted by atomic mass is 19.4. The highest BCUT2D eigenvalue weighted by molar-refractivity contribution is 5.77. The number of hydrogen-bond acceptors (Lipinski definition) is 2. The zero-order chi connectivity index (χ0) is 17.0. The fourth-order valence-corrected chi connectivity index (χ4v) is 2.91. The van der Waals surface area contributed by atoms with Crippen LogP contribution in [0.2, 0.25) is 0 Å². The first-order valence-electron chi connectivity index (χ1n) is 7.82. The van der Waals surface area contributed by atoms with Gasteiger partial charge in [0.2, 0.25) is 0 Å². The van der Waals surface area contributed by atoms with E-state index in [9.17, 15) is 18.0 Å². The standard InChI is InChI=1S/C17H22F3NO2/c1-11-5-3-8-15(12(11)2)23-10-16(22)21-14-7-4-6-13(9-14)17(18,19)20/h3,5,8,13-14H,4,6-7,9-10H2,1-2H3,(H,21,22)/t13-,14+/m0/s1. The predicted molar refractivity (Wildman–Crippen MR) is 81.4 cm³/mol. The van der Waals surface area contributed by atoms with Crippen LogP contribution in [0.3, 0.4) is 0 Å². The average molecular weight is 329 g/mol. The van der Waals surface area contributed by atoms with Gasteiger partial charge in [-0.05, 0) is 50.3 Å². The predicted octanol–water partition coefficient (Wildman–Crippen LogP) is 3.92. The first-order valence-corrected chi connectivity index (χ1v) is 7.82. The number of hydrogen-bond donors (Lipinski definition) is 1. The summed E-state index contributed by atoms with van der Waals surface area (Å²) in [6.07, 6.45) is -3.01. The Bertz CT molecular complexity index is 557. The number of nitrogens with one attached hydrogen (secondary N) is 1. The largest absolute Gasteiger partial charge is 0.483 e. The molecule has 2 rings (SSSR count). The topological polar surface area (TPSA) is 38.3 Å². The van der Waals surface area contributed by atoms with Gasteiger partial charge in [0.05, 0.1) is 5.92 Å². The Labute approximate surface area is 134 Å². The van der Waals surface area contributed by atoms with Gasteiger partial charge in [-0.3, -0.25) is 4.79 Å². The van der Waals surface area contributed by atoms with Gasteiger partial charge in [0.1, 0.15) is 5.75 Å². The summed E-state index contributed by atoms with van der Waals surface area (Å²) in [5.74, 6) is -1.07. The van der Waals surface area contributed by atoms with Crippen molar-refractivity contribution in [3.05, 3.63) is 29.3 Å². The molecule has 0 unspecified atom stereocenters. The second kappa shape index (κ2) is 7.23. The van der Waals surface area contributed by atoms with Crippen molar-refractivity contribution in [2.24, 2.45) is 5.92 Å². The maximum absolute atomic E-state index is 12.8. The van der Waals surface area contributed by atoms with Crippen molar-refractivity contribution < 1.29 is 22.7 Å². The van der Waals surface area contributed by atoms with E-state index in [-0.39, 0.29) is 25.4 Å². The van der Waals surface area contributed by atoms with Gasteiger partial charge >= 0.3 is 6.18 Å². The molecule has 1 amide bonds. The Balaban J connectivity index is 1.84. The van der Waals surface area contributed by atoms with Crippen LogP contribution in [0.1, 0.15) is 36.8 Å². The van der Waals surface area contributed by atoms with Crippen molar-refractivity contribution in [3.8, 4) is 5.75 Å². The van der Waals surface area contributed by atoms with E-state index < -0.39 is 18.1 Å². The smallest absolute Gasteiger partial charge is 0.391 e. The lowest BCUT2D eigenvalue weighted by Crippen LogP contribution is -2.43. The van der Waals surface area contributed by atoms with Crippen LogP contribution in [-0.4, -0.2) is 24.7 Å². The maximum atomic E-state index is 12.8. The summed E-state index contributed by atoms with van der Waals surface area (Å²) >= 11 is 0. The van der Waals surface area contributed by atoms with Gasteiger partial charge in [-0.25, -0.2) is 0 Å². The van der Waals surface area contributed by atoms with Crippen molar-refractivity contribution >= 4 is 5.91 Å². The number of carbonyl (C=O) groups excluding carboxylic acids is 1. The first kappa shape index (κ1) is 17.6. The number of rotatable bonds is 4. The molecule has 0 aliphatic heterocycles. The van der Waals surface area contributed by atoms with Crippen LogP contribution in [-0.2, 0) is 4.79 Å². The average Bonchev–Trinajstić information content (AvgIpc) is 2.48. The Morgan fingerprint density at radius 1 is 1.30 bits per heavy atom. The summed E-state index contributed by atoms with van der Waals surface area (Å²) in [4.78, 5) is 11.9. The van der Waals surface area contributed by atoms with Crippen LogP contribution < -0.4 is 10.1 Å². The molecular formula is C17H22F3NO2. The van der Waals surface area contributed by atoms with Crippen LogP contribution in [0.5, 0.6) is 5.75 Å². The Morgan fingerprint density at radius 3 is 2.74 bits per heavy atom. The summed E-state index contributed by atoms with van der Waals surface area (Å²) in [6, 6.07) is 5.13. The summed E-state index contributed by atoms with van der Waals surface area (Å²) in [5, 5.41) is 2.66. The minimum Gasteiger partial charge on any atom is -0.483 e. The Hall–Kier alpha value is -1.72. The zero-order valence-electron chi connectivity index (χ0n) is 13.4. The van der Waals surface area contributed by atoms with E-state index in [1.54, 1.807) is 6.07 Å². The number of carbonyl (C=O) groups is 1. The van der Waals surface area contributed by atoms with E-state index in [0.29, 0.717) is 18.6 Å². The normalized spacial score (nSPS) is 21.8. The minimum absolute atomic E-state index is 0.0429. The SMILES string of the molecule is Cc1cccc(OCC(=O)N[C@@H]2CCC[C@H](C(F)(F)F)C2)c1C. The van der Waals surface area contributed by atoms with Crippen molar-refractivity contribution in [2.75, 3.05) is 6.61 Å². The molecule has 0 spiro atoms. The second-order valence-electron chi connectivity index (χ2n) is 6.16. The molecule has 1 aromatic rings. The third-order valence-corrected chi connectivity index (χ3v) is 4.42. The highest BCUT2D eigenvalue weighted by Gasteiger charge is 2.42. The van der Waals surface area contributed by atoms with Crippen LogP contribution >= 0.6 is 0 Å². The number of halogens is 3. The maximum Gasteiger partial charge on any atom is 0.391 e. The highest BCUT2D eigenvalue weighted by Crippen LogP contribution is 2.37. The summed E-state index contributed by atoms with van der Waals surface area (Å²) < 4.78 is 43.8. The number of ether oxygens (including phenoxy) is 1. The van der Waals surface area contributed by atoms with Gasteiger partial charge < -0.3 is 10.1 Å². The van der Waals surface area contributed by atoms with Gasteiger partial charge in [-0.1, -0.05) is 18.6 Å². The van der Waals surface area contributed by atoms with Crippen molar-refractivity contribution in [1.29, 1.82) is 0 Å². The molecule has 3 nitrogen and oxygen atoms in total. The molecule has 1 saturated carbocycles. The lowest BCUT2D eigenvalue weighted by atomic mass is 9.85. The van der Waals surface area contributed by atoms with Crippen LogP contribution in [0, 0.1) is 19.8 Å². The summed E-state index contributed by atoms with van der Waals surface area (Å²) in [7, 11) is 0. The van der Waals surface area contributed by atoms with E-state index in [2.05, 4.69) is 5.32 Å². The molecule has 23 heavy (non-hydrogen) atoms. The number of benzene rings is 1. The van der Waals surface area contributed by atoms with Crippen molar-refractivity contribution in [3.63, 3.8) is 0 Å². The van der Waals surface area contributed by atoms with E-state index in [4.69, 9.17) is 4.74 Å². The minimum atomic E-state index is -4.18. The molecule has 1 aromatic carbocycles. The van der Waals surface area contributed by atoms with E-state index in [0.717, 1.165) is 11.1 Å². The molecule has 1 N–H and O–H groups in total. The van der Waals surface area contributed by atoms with Crippen LogP contribution in [0.25, 0.3) is 0 Å². The van der Waals surface area contributed by atoms with Crippen molar-refractivity contribution in [2.45, 2.75) is 51.7 Å². The molecular weight excluding hydrogens is 307 g/mol. The van der Waals surface area contributed by atoms with Gasteiger partial charge in [-0.15, -0.1) is 0 Å². The zero-order valence-corrected chi connectivity index (χ0v) is 13.4. The first-order chi connectivity index (χ1) is 10.8. The number of alkyl halides is 3. The molecule has 0 radical (unpaired) electrons. The lowest BCUT2D eigenvalue weighted by Gasteiger charge is -2.31. The molecule has 2 atom stereocenters. The van der Waals surface area contributed by atoms with Crippen LogP contribution in [0.4, 0.5) is 13.2 Å². The molecule has 0 aromatic heterocycles. The molecule has 0 bridgehead atoms. The summed E-state index contributed by atoms with van der Waals surface area (Å²) in [5.41, 5.74) is 2.01. The van der Waals surface area contributed by atoms with Crippen molar-refractivity contribution in [1.82, 2.24) is 5.32 Å². The molecule has 128 valence electrons. The van der Waals surface area contributed by atoms with E-state index in [1.807, 2.05) is 26.0 Å². The van der Waals surface area contributed by atoms with Crippen LogP contribution in [0.15, 0.2) is 18.2 Å². The molecule has 1 fully saturated rings. The third-order valence-electron chi connectivity index (χ3n) is 4.42. The van der Waals surface area contributed by atoms with Gasteiger partial charge in [0.15, 0.2) is 6.61 Å². The lowest BCUT2D eigenvalue weighted by molar-refractivity contribution is -0.184. The molecule has 6 heteroatoms. The summed E-state index contributed by atoms with van der Waals surface area (Å²) in [6.45, 7) is 3.66. The Kier molecular flexibility index (Phi) is 5.55. The molecule has 0 heterocycles. The quantitative estimate of drug-likeness (QED) is 0.909. The molecule has 0 saturated heterocycles. The van der Waals surface area contributed by atoms with Gasteiger partial charge in [0, 0.05) is 6.04 Å². The van der Waals surface area contributed by atoms with E-state index in [1.165, 1.54) is 0 Å². The van der Waals surface area contributed by atoms with E-state index >= 15 is 0 Å². The molecule has 1 aliphatic rings. The monoisotopic (exact) mass is 329 g/mol. The fraction of sp³-hybridized carbons (Fsp3) is 0.588. The second-order valence-corrected chi connectivity index (χ2v) is 6.16. The van der Waals surface area contributed by atoms with Gasteiger partial charge in [-0.2, -0.15) is 13.2 Å². The molecule has 1 aliphatic carbocycles. The third kappa shape index (κ3) is 4.88.